The van der Waals surface area contributed by atoms with Gasteiger partial charge in [0, 0.05) is 30.8 Å². The number of aromatic nitrogens is 3. The molecule has 0 spiro atoms. The second-order valence-corrected chi connectivity index (χ2v) is 7.07. The molecule has 1 saturated heterocycles. The zero-order valence-corrected chi connectivity index (χ0v) is 16.3. The molecule has 2 aromatic heterocycles. The highest BCUT2D eigenvalue weighted by molar-refractivity contribution is 6.33. The Bertz CT molecular complexity index is 1020. The third-order valence-corrected chi connectivity index (χ3v) is 5.01. The van der Waals surface area contributed by atoms with Gasteiger partial charge >= 0.3 is 0 Å². The average Bonchev–Trinajstić information content (AvgIpc) is 3.28. The van der Waals surface area contributed by atoms with Crippen LogP contribution in [0.15, 0.2) is 41.1 Å². The van der Waals surface area contributed by atoms with Crippen molar-refractivity contribution in [3.8, 4) is 17.1 Å². The summed E-state index contributed by atoms with van der Waals surface area (Å²) in [6.07, 6.45) is 2.26. The van der Waals surface area contributed by atoms with Crippen LogP contribution in [0.2, 0.25) is 5.02 Å². The van der Waals surface area contributed by atoms with Crippen molar-refractivity contribution >= 4 is 17.5 Å². The Balaban J connectivity index is 1.53. The average molecular weight is 399 g/mol. The Labute approximate surface area is 167 Å². The van der Waals surface area contributed by atoms with Crippen LogP contribution in [0.1, 0.15) is 28.4 Å². The maximum Gasteiger partial charge on any atom is 0.259 e. The highest BCUT2D eigenvalue weighted by Gasteiger charge is 2.33. The van der Waals surface area contributed by atoms with Crippen LogP contribution in [0.25, 0.3) is 11.3 Å². The molecule has 8 heteroatoms. The Morgan fingerprint density at radius 1 is 1.29 bits per heavy atom. The fourth-order valence-electron chi connectivity index (χ4n) is 3.30. The summed E-state index contributed by atoms with van der Waals surface area (Å²) in [6.45, 7) is 4.59. The molecule has 3 aromatic rings. The molecule has 3 heterocycles. The zero-order valence-electron chi connectivity index (χ0n) is 15.6. The van der Waals surface area contributed by atoms with Gasteiger partial charge in [-0.1, -0.05) is 35.0 Å². The van der Waals surface area contributed by atoms with Crippen LogP contribution >= 0.6 is 11.6 Å². The van der Waals surface area contributed by atoms with Crippen LogP contribution in [0.5, 0.6) is 5.88 Å². The topological polar surface area (TPSA) is 81.4 Å². The number of amides is 1. The SMILES string of the molecule is Cc1nccc(O[C@@H]2CCN(C(=O)c3c(-c4ccccc4Cl)noc3C)C2)n1. The number of nitrogens with zero attached hydrogens (tertiary/aromatic N) is 4. The van der Waals surface area contributed by atoms with Crippen LogP contribution in [0.4, 0.5) is 0 Å². The van der Waals surface area contributed by atoms with Gasteiger partial charge in [0.05, 0.1) is 11.6 Å². The Morgan fingerprint density at radius 2 is 2.11 bits per heavy atom. The van der Waals surface area contributed by atoms with Gasteiger partial charge in [-0.05, 0) is 19.9 Å². The second kappa shape index (κ2) is 7.59. The number of carbonyl (C=O) groups excluding carboxylic acids is 1. The van der Waals surface area contributed by atoms with E-state index in [1.54, 1.807) is 30.2 Å². The highest BCUT2D eigenvalue weighted by Crippen LogP contribution is 2.32. The molecule has 1 aliphatic heterocycles. The van der Waals surface area contributed by atoms with E-state index >= 15 is 0 Å². The first-order chi connectivity index (χ1) is 13.5. The minimum absolute atomic E-state index is 0.123. The summed E-state index contributed by atoms with van der Waals surface area (Å²) in [5.41, 5.74) is 1.57. The fraction of sp³-hybridized carbons (Fsp3) is 0.300. The van der Waals surface area contributed by atoms with Gasteiger partial charge in [0.2, 0.25) is 5.88 Å². The van der Waals surface area contributed by atoms with Crippen molar-refractivity contribution in [3.05, 3.63) is 58.7 Å². The van der Waals surface area contributed by atoms with E-state index in [-0.39, 0.29) is 12.0 Å². The van der Waals surface area contributed by atoms with Gasteiger partial charge < -0.3 is 14.2 Å². The number of hydrogen-bond acceptors (Lipinski definition) is 6. The van der Waals surface area contributed by atoms with Crippen molar-refractivity contribution in [2.75, 3.05) is 13.1 Å². The number of halogens is 1. The number of carbonyl (C=O) groups is 1. The maximum absolute atomic E-state index is 13.2. The van der Waals surface area contributed by atoms with Crippen molar-refractivity contribution in [3.63, 3.8) is 0 Å². The van der Waals surface area contributed by atoms with Crippen molar-refractivity contribution in [1.29, 1.82) is 0 Å². The van der Waals surface area contributed by atoms with E-state index in [0.717, 1.165) is 6.42 Å². The first-order valence-corrected chi connectivity index (χ1v) is 9.37. The molecule has 4 rings (SSSR count). The predicted octanol–water partition coefficient (Wildman–Crippen LogP) is 3.70. The summed E-state index contributed by atoms with van der Waals surface area (Å²) < 4.78 is 11.2. The van der Waals surface area contributed by atoms with Crippen LogP contribution in [0, 0.1) is 13.8 Å². The van der Waals surface area contributed by atoms with Crippen molar-refractivity contribution < 1.29 is 14.1 Å². The quantitative estimate of drug-likeness (QED) is 0.666. The third-order valence-electron chi connectivity index (χ3n) is 4.68. The van der Waals surface area contributed by atoms with Gasteiger partial charge in [0.15, 0.2) is 0 Å². The summed E-state index contributed by atoms with van der Waals surface area (Å²) in [6, 6.07) is 8.99. The van der Waals surface area contributed by atoms with E-state index < -0.39 is 0 Å². The van der Waals surface area contributed by atoms with Crippen molar-refractivity contribution in [2.24, 2.45) is 0 Å². The lowest BCUT2D eigenvalue weighted by Gasteiger charge is -2.17. The van der Waals surface area contributed by atoms with Crippen LogP contribution < -0.4 is 4.74 Å². The molecule has 1 aliphatic rings. The van der Waals surface area contributed by atoms with E-state index in [9.17, 15) is 4.79 Å². The molecule has 1 fully saturated rings. The molecule has 0 unspecified atom stereocenters. The van der Waals surface area contributed by atoms with E-state index in [1.165, 1.54) is 0 Å². The summed E-state index contributed by atoms with van der Waals surface area (Å²) in [5, 5.41) is 4.60. The van der Waals surface area contributed by atoms with Crippen molar-refractivity contribution in [1.82, 2.24) is 20.0 Å². The molecular weight excluding hydrogens is 380 g/mol. The lowest BCUT2D eigenvalue weighted by molar-refractivity contribution is 0.0770. The molecule has 1 amide bonds. The van der Waals surface area contributed by atoms with Crippen LogP contribution in [-0.2, 0) is 0 Å². The molecule has 0 bridgehead atoms. The Morgan fingerprint density at radius 3 is 2.89 bits per heavy atom. The summed E-state index contributed by atoms with van der Waals surface area (Å²) in [4.78, 5) is 23.3. The summed E-state index contributed by atoms with van der Waals surface area (Å²) >= 11 is 6.29. The van der Waals surface area contributed by atoms with E-state index in [0.29, 0.717) is 52.4 Å². The van der Waals surface area contributed by atoms with Gasteiger partial charge in [-0.25, -0.2) is 4.98 Å². The summed E-state index contributed by atoms with van der Waals surface area (Å²) in [5.74, 6) is 1.49. The van der Waals surface area contributed by atoms with Gasteiger partial charge in [-0.15, -0.1) is 0 Å². The first-order valence-electron chi connectivity index (χ1n) is 8.99. The van der Waals surface area contributed by atoms with E-state index in [2.05, 4.69) is 15.1 Å². The largest absolute Gasteiger partial charge is 0.472 e. The molecule has 0 saturated carbocycles. The number of rotatable bonds is 4. The Hall–Kier alpha value is -2.93. The van der Waals surface area contributed by atoms with E-state index in [4.69, 9.17) is 20.9 Å². The first kappa shape index (κ1) is 18.4. The molecule has 0 N–H and O–H groups in total. The smallest absolute Gasteiger partial charge is 0.259 e. The standard InChI is InChI=1S/C20H19ClN4O3/c1-12-18(19(24-28-12)15-5-3-4-6-16(15)21)20(26)25-10-8-14(11-25)27-17-7-9-22-13(2)23-17/h3-7,9,14H,8,10-11H2,1-2H3/t14-/m1/s1. The fourth-order valence-corrected chi connectivity index (χ4v) is 3.52. The molecular formula is C20H19ClN4O3. The van der Waals surface area contributed by atoms with Gasteiger partial charge in [0.25, 0.3) is 5.91 Å². The number of benzene rings is 1. The number of ether oxygens (including phenoxy) is 1. The summed E-state index contributed by atoms with van der Waals surface area (Å²) in [7, 11) is 0. The minimum Gasteiger partial charge on any atom is -0.472 e. The molecule has 0 radical (unpaired) electrons. The molecule has 0 aliphatic carbocycles. The maximum atomic E-state index is 13.2. The number of likely N-dealkylation sites (tertiary alicyclic amines) is 1. The lowest BCUT2D eigenvalue weighted by Crippen LogP contribution is -2.31. The molecule has 1 atom stereocenters. The van der Waals surface area contributed by atoms with Gasteiger partial charge in [-0.3, -0.25) is 4.79 Å². The molecule has 144 valence electrons. The number of aryl methyl sites for hydroxylation is 2. The molecule has 1 aromatic carbocycles. The van der Waals surface area contributed by atoms with E-state index in [1.807, 2.05) is 25.1 Å². The second-order valence-electron chi connectivity index (χ2n) is 6.66. The van der Waals surface area contributed by atoms with Gasteiger partial charge in [0.1, 0.15) is 28.9 Å². The predicted molar refractivity (Wildman–Crippen MR) is 103 cm³/mol. The third kappa shape index (κ3) is 3.57. The minimum atomic E-state index is -0.140. The van der Waals surface area contributed by atoms with Crippen LogP contribution in [-0.4, -0.2) is 45.1 Å². The molecule has 28 heavy (non-hydrogen) atoms. The van der Waals surface area contributed by atoms with Crippen molar-refractivity contribution in [2.45, 2.75) is 26.4 Å². The van der Waals surface area contributed by atoms with Gasteiger partial charge in [-0.2, -0.15) is 4.98 Å². The molecule has 7 nitrogen and oxygen atoms in total. The number of hydrogen-bond donors (Lipinski definition) is 0. The highest BCUT2D eigenvalue weighted by atomic mass is 35.5. The lowest BCUT2D eigenvalue weighted by atomic mass is 10.1. The van der Waals surface area contributed by atoms with Crippen LogP contribution in [0.3, 0.4) is 0 Å². The Kier molecular flexibility index (Phi) is 5.00. The zero-order chi connectivity index (χ0) is 19.7. The monoisotopic (exact) mass is 398 g/mol. The normalized spacial score (nSPS) is 16.4.